The minimum absolute atomic E-state index is 0.0244. The number of amides is 1. The number of aromatic nitrogens is 2. The molecule has 2 aromatic rings. The average molecular weight is 366 g/mol. The van der Waals surface area contributed by atoms with E-state index in [0.29, 0.717) is 22.3 Å². The maximum absolute atomic E-state index is 12.6. The topological polar surface area (TPSA) is 64.0 Å². The van der Waals surface area contributed by atoms with Crippen molar-refractivity contribution in [1.29, 1.82) is 0 Å². The average Bonchev–Trinajstić information content (AvgIpc) is 3.06. The van der Waals surface area contributed by atoms with Crippen LogP contribution in [-0.4, -0.2) is 19.9 Å². The Morgan fingerprint density at radius 2 is 2.12 bits per heavy atom. The van der Waals surface area contributed by atoms with Crippen molar-refractivity contribution in [3.63, 3.8) is 0 Å². The highest BCUT2D eigenvalue weighted by Crippen LogP contribution is 2.32. The van der Waals surface area contributed by atoms with Crippen LogP contribution in [0.5, 0.6) is 0 Å². The molecule has 128 valence electrons. The highest BCUT2D eigenvalue weighted by Gasteiger charge is 2.29. The van der Waals surface area contributed by atoms with Gasteiger partial charge in [0.15, 0.2) is 0 Å². The molecular weight excluding hydrogens is 346 g/mol. The number of anilines is 1. The summed E-state index contributed by atoms with van der Waals surface area (Å²) in [6, 6.07) is 7.32. The summed E-state index contributed by atoms with van der Waals surface area (Å²) < 4.78 is 13.6. The lowest BCUT2D eigenvalue weighted by Crippen LogP contribution is -2.24. The molecule has 1 atom stereocenters. The van der Waals surface area contributed by atoms with Crippen LogP contribution in [0.2, 0.25) is 5.02 Å². The first-order valence-electron chi connectivity index (χ1n) is 8.06. The number of carbonyl (C=O) groups is 1. The fourth-order valence-corrected chi connectivity index (χ4v) is 4.38. The Kier molecular flexibility index (Phi) is 5.06. The van der Waals surface area contributed by atoms with Crippen molar-refractivity contribution in [3.05, 3.63) is 40.5 Å². The molecule has 1 aliphatic rings. The summed E-state index contributed by atoms with van der Waals surface area (Å²) in [5.41, 5.74) is 2.43. The summed E-state index contributed by atoms with van der Waals surface area (Å²) in [6.45, 7) is 4.00. The molecule has 0 saturated heterocycles. The summed E-state index contributed by atoms with van der Waals surface area (Å²) >= 11 is 6.09. The van der Waals surface area contributed by atoms with E-state index in [1.807, 2.05) is 26.0 Å². The second kappa shape index (κ2) is 7.07. The fourth-order valence-electron chi connectivity index (χ4n) is 2.93. The second-order valence-electron chi connectivity index (χ2n) is 5.90. The summed E-state index contributed by atoms with van der Waals surface area (Å²) in [6.07, 6.45) is 1.56. The van der Waals surface area contributed by atoms with E-state index >= 15 is 0 Å². The summed E-state index contributed by atoms with van der Waals surface area (Å²) in [5, 5.41) is 8.18. The lowest BCUT2D eigenvalue weighted by atomic mass is 10.0. The standard InChI is InChI=1S/C17H20ClN3O2S/c1-3-11(4-2)17(22)19-16-14-9-24(23)10-15(14)20-21(16)13-7-5-6-12(18)8-13/h5-8,11H,3-4,9-10H2,1-2H3,(H,19,22)/t24-/m1/s1. The Bertz CT molecular complexity index is 799. The number of fused-ring (bicyclic) bond motifs is 1. The largest absolute Gasteiger partial charge is 0.310 e. The number of halogens is 1. The van der Waals surface area contributed by atoms with Gasteiger partial charge in [0.25, 0.3) is 0 Å². The molecule has 24 heavy (non-hydrogen) atoms. The molecule has 5 nitrogen and oxygen atoms in total. The van der Waals surface area contributed by atoms with Gasteiger partial charge in [-0.05, 0) is 31.0 Å². The molecule has 0 fully saturated rings. The number of hydrogen-bond acceptors (Lipinski definition) is 3. The van der Waals surface area contributed by atoms with Crippen LogP contribution in [-0.2, 0) is 27.1 Å². The van der Waals surface area contributed by atoms with Crippen LogP contribution in [0, 0.1) is 5.92 Å². The minimum Gasteiger partial charge on any atom is -0.310 e. The first-order chi connectivity index (χ1) is 11.5. The van der Waals surface area contributed by atoms with E-state index in [4.69, 9.17) is 11.6 Å². The van der Waals surface area contributed by atoms with Crippen LogP contribution in [0.1, 0.15) is 37.9 Å². The van der Waals surface area contributed by atoms with Crippen LogP contribution >= 0.6 is 11.6 Å². The summed E-state index contributed by atoms with van der Waals surface area (Å²) in [4.78, 5) is 12.6. The van der Waals surface area contributed by atoms with Crippen molar-refractivity contribution in [2.45, 2.75) is 38.2 Å². The molecule has 0 saturated carbocycles. The maximum Gasteiger partial charge on any atom is 0.228 e. The number of benzene rings is 1. The monoisotopic (exact) mass is 365 g/mol. The molecule has 3 rings (SSSR count). The smallest absolute Gasteiger partial charge is 0.228 e. The number of nitrogens with one attached hydrogen (secondary N) is 1. The third kappa shape index (κ3) is 3.26. The zero-order valence-corrected chi connectivity index (χ0v) is 15.3. The van der Waals surface area contributed by atoms with Gasteiger partial charge >= 0.3 is 0 Å². The predicted octanol–water partition coefficient (Wildman–Crippen LogP) is 3.66. The number of nitrogens with zero attached hydrogens (tertiary/aromatic N) is 2. The molecule has 1 amide bonds. The van der Waals surface area contributed by atoms with Crippen LogP contribution in [0.3, 0.4) is 0 Å². The van der Waals surface area contributed by atoms with E-state index in [9.17, 15) is 9.00 Å². The summed E-state index contributed by atoms with van der Waals surface area (Å²) in [5.74, 6) is 1.40. The molecule has 0 radical (unpaired) electrons. The number of rotatable bonds is 5. The van der Waals surface area contributed by atoms with E-state index in [2.05, 4.69) is 10.4 Å². The minimum atomic E-state index is -0.950. The van der Waals surface area contributed by atoms with Gasteiger partial charge < -0.3 is 5.32 Å². The van der Waals surface area contributed by atoms with Crippen LogP contribution in [0.15, 0.2) is 24.3 Å². The molecule has 0 bridgehead atoms. The van der Waals surface area contributed by atoms with Crippen molar-refractivity contribution >= 4 is 34.1 Å². The summed E-state index contributed by atoms with van der Waals surface area (Å²) in [7, 11) is -0.950. The van der Waals surface area contributed by atoms with E-state index in [1.165, 1.54) is 0 Å². The van der Waals surface area contributed by atoms with E-state index in [1.54, 1.807) is 16.8 Å². The lowest BCUT2D eigenvalue weighted by Gasteiger charge is -2.15. The normalized spacial score (nSPS) is 16.4. The Balaban J connectivity index is 2.03. The Morgan fingerprint density at radius 1 is 1.38 bits per heavy atom. The van der Waals surface area contributed by atoms with Gasteiger partial charge in [-0.2, -0.15) is 5.10 Å². The van der Waals surface area contributed by atoms with Gasteiger partial charge in [-0.15, -0.1) is 0 Å². The van der Waals surface area contributed by atoms with Gasteiger partial charge in [-0.3, -0.25) is 9.00 Å². The van der Waals surface area contributed by atoms with Gasteiger partial charge in [-0.1, -0.05) is 31.5 Å². The first-order valence-corrected chi connectivity index (χ1v) is 9.92. The molecule has 1 aromatic carbocycles. The van der Waals surface area contributed by atoms with Gasteiger partial charge in [-0.25, -0.2) is 4.68 Å². The van der Waals surface area contributed by atoms with Gasteiger partial charge in [0.05, 0.1) is 22.9 Å². The zero-order chi connectivity index (χ0) is 17.3. The van der Waals surface area contributed by atoms with Crippen molar-refractivity contribution in [3.8, 4) is 5.69 Å². The molecule has 0 aliphatic carbocycles. The SMILES string of the molecule is CCC(CC)C(=O)Nc1c2c(nn1-c1cccc(Cl)c1)C[S@](=O)C2. The Labute approximate surface area is 148 Å². The fraction of sp³-hybridized carbons (Fsp3) is 0.412. The van der Waals surface area contributed by atoms with Crippen molar-refractivity contribution in [1.82, 2.24) is 9.78 Å². The Hall–Kier alpha value is -1.66. The van der Waals surface area contributed by atoms with Crippen LogP contribution < -0.4 is 5.32 Å². The molecular formula is C17H20ClN3O2S. The van der Waals surface area contributed by atoms with Gasteiger partial charge in [0.2, 0.25) is 5.91 Å². The van der Waals surface area contributed by atoms with E-state index < -0.39 is 10.8 Å². The highest BCUT2D eigenvalue weighted by atomic mass is 35.5. The molecule has 2 heterocycles. The predicted molar refractivity (Wildman–Crippen MR) is 96.8 cm³/mol. The third-order valence-corrected chi connectivity index (χ3v) is 5.76. The second-order valence-corrected chi connectivity index (χ2v) is 7.79. The third-order valence-electron chi connectivity index (χ3n) is 4.32. The lowest BCUT2D eigenvalue weighted by molar-refractivity contribution is -0.120. The Morgan fingerprint density at radius 3 is 2.79 bits per heavy atom. The van der Waals surface area contributed by atoms with Crippen LogP contribution in [0.4, 0.5) is 5.82 Å². The molecule has 1 N–H and O–H groups in total. The van der Waals surface area contributed by atoms with Crippen LogP contribution in [0.25, 0.3) is 5.69 Å². The van der Waals surface area contributed by atoms with Crippen molar-refractivity contribution in [2.75, 3.05) is 5.32 Å². The highest BCUT2D eigenvalue weighted by molar-refractivity contribution is 7.83. The molecule has 7 heteroatoms. The molecule has 1 aromatic heterocycles. The quantitative estimate of drug-likeness (QED) is 0.879. The maximum atomic E-state index is 12.6. The molecule has 0 unspecified atom stereocenters. The first kappa shape index (κ1) is 17.2. The van der Waals surface area contributed by atoms with Crippen molar-refractivity contribution < 1.29 is 9.00 Å². The molecule has 1 aliphatic heterocycles. The van der Waals surface area contributed by atoms with E-state index in [-0.39, 0.29) is 11.8 Å². The van der Waals surface area contributed by atoms with E-state index in [0.717, 1.165) is 29.8 Å². The number of hydrogen-bond donors (Lipinski definition) is 1. The van der Waals surface area contributed by atoms with Gasteiger partial charge in [0.1, 0.15) is 5.82 Å². The molecule has 0 spiro atoms. The number of carbonyl (C=O) groups excluding carboxylic acids is 1. The van der Waals surface area contributed by atoms with Crippen molar-refractivity contribution in [2.24, 2.45) is 5.92 Å². The van der Waals surface area contributed by atoms with Gasteiger partial charge in [0, 0.05) is 27.3 Å². The zero-order valence-electron chi connectivity index (χ0n) is 13.7.